The van der Waals surface area contributed by atoms with E-state index in [-0.39, 0.29) is 11.6 Å². The van der Waals surface area contributed by atoms with Gasteiger partial charge in [-0.3, -0.25) is 4.79 Å². The fourth-order valence-corrected chi connectivity index (χ4v) is 2.70. The summed E-state index contributed by atoms with van der Waals surface area (Å²) in [6, 6.07) is 14.8. The van der Waals surface area contributed by atoms with Crippen LogP contribution in [0.2, 0.25) is 5.02 Å². The molecule has 0 aliphatic carbocycles. The zero-order valence-electron chi connectivity index (χ0n) is 13.9. The van der Waals surface area contributed by atoms with Gasteiger partial charge in [0.25, 0.3) is 5.91 Å². The van der Waals surface area contributed by atoms with Gasteiger partial charge in [-0.2, -0.15) is 0 Å². The van der Waals surface area contributed by atoms with Crippen LogP contribution in [-0.4, -0.2) is 40.0 Å². The fraction of sp³-hybridized carbons (Fsp3) is 0.167. The van der Waals surface area contributed by atoms with Gasteiger partial charge in [-0.25, -0.2) is 4.68 Å². The first-order valence-corrected chi connectivity index (χ1v) is 8.02. The Morgan fingerprint density at radius 3 is 2.68 bits per heavy atom. The Labute approximate surface area is 150 Å². The van der Waals surface area contributed by atoms with Crippen molar-refractivity contribution in [2.75, 3.05) is 14.2 Å². The molecule has 0 atom stereocenters. The van der Waals surface area contributed by atoms with Gasteiger partial charge in [0.05, 0.1) is 24.0 Å². The summed E-state index contributed by atoms with van der Waals surface area (Å²) in [5.74, 6) is 0.506. The highest BCUT2D eigenvalue weighted by atomic mass is 35.5. The zero-order chi connectivity index (χ0) is 17.8. The SMILES string of the molecule is COc1ccccc1CN(C)C(=O)c1cn(-c2ccccc2Cl)nn1. The van der Waals surface area contributed by atoms with Gasteiger partial charge in [0.1, 0.15) is 5.75 Å². The van der Waals surface area contributed by atoms with Gasteiger partial charge in [-0.15, -0.1) is 5.10 Å². The summed E-state index contributed by atoms with van der Waals surface area (Å²) in [5.41, 5.74) is 1.83. The summed E-state index contributed by atoms with van der Waals surface area (Å²) in [6.07, 6.45) is 1.57. The number of carbonyl (C=O) groups is 1. The standard InChI is InChI=1S/C18H17ClN4O2/c1-22(11-13-7-3-6-10-17(13)25-2)18(24)15-12-23(21-20-15)16-9-5-4-8-14(16)19/h3-10,12H,11H2,1-2H3. The van der Waals surface area contributed by atoms with E-state index < -0.39 is 0 Å². The molecule has 0 fully saturated rings. The van der Waals surface area contributed by atoms with E-state index in [1.807, 2.05) is 42.5 Å². The minimum absolute atomic E-state index is 0.232. The number of carbonyl (C=O) groups excluding carboxylic acids is 1. The van der Waals surface area contributed by atoms with Crippen LogP contribution in [0.5, 0.6) is 5.75 Å². The van der Waals surface area contributed by atoms with Crippen molar-refractivity contribution in [1.82, 2.24) is 19.9 Å². The van der Waals surface area contributed by atoms with E-state index in [9.17, 15) is 4.79 Å². The number of hydrogen-bond acceptors (Lipinski definition) is 4. The summed E-state index contributed by atoms with van der Waals surface area (Å²) >= 11 is 6.15. The lowest BCUT2D eigenvalue weighted by Gasteiger charge is -2.17. The van der Waals surface area contributed by atoms with Crippen molar-refractivity contribution in [2.45, 2.75) is 6.54 Å². The van der Waals surface area contributed by atoms with Crippen LogP contribution in [0.1, 0.15) is 16.1 Å². The Kier molecular flexibility index (Phi) is 5.00. The van der Waals surface area contributed by atoms with E-state index in [1.165, 1.54) is 4.68 Å². The molecule has 1 aromatic heterocycles. The molecule has 1 heterocycles. The van der Waals surface area contributed by atoms with Gasteiger partial charge in [-0.05, 0) is 18.2 Å². The molecule has 7 heteroatoms. The molecule has 0 N–H and O–H groups in total. The van der Waals surface area contributed by atoms with Crippen LogP contribution in [0, 0.1) is 0 Å². The third-order valence-electron chi connectivity index (χ3n) is 3.76. The average molecular weight is 357 g/mol. The molecule has 3 aromatic rings. The van der Waals surface area contributed by atoms with Crippen molar-refractivity contribution in [3.05, 3.63) is 71.0 Å². The summed E-state index contributed by atoms with van der Waals surface area (Å²) in [5, 5.41) is 8.51. The minimum Gasteiger partial charge on any atom is -0.496 e. The Bertz CT molecular complexity index is 894. The minimum atomic E-state index is -0.232. The first-order chi connectivity index (χ1) is 12.1. The van der Waals surface area contributed by atoms with Crippen molar-refractivity contribution in [3.63, 3.8) is 0 Å². The molecule has 0 bridgehead atoms. The molecule has 3 rings (SSSR count). The smallest absolute Gasteiger partial charge is 0.276 e. The molecule has 0 spiro atoms. The summed E-state index contributed by atoms with van der Waals surface area (Å²) < 4.78 is 6.81. The number of benzene rings is 2. The van der Waals surface area contributed by atoms with Crippen molar-refractivity contribution in [2.24, 2.45) is 0 Å². The van der Waals surface area contributed by atoms with Gasteiger partial charge in [0, 0.05) is 19.2 Å². The van der Waals surface area contributed by atoms with E-state index in [2.05, 4.69) is 10.3 Å². The Morgan fingerprint density at radius 1 is 1.20 bits per heavy atom. The highest BCUT2D eigenvalue weighted by Crippen LogP contribution is 2.21. The Balaban J connectivity index is 1.78. The van der Waals surface area contributed by atoms with Crippen LogP contribution in [0.25, 0.3) is 5.69 Å². The molecular weight excluding hydrogens is 340 g/mol. The maximum Gasteiger partial charge on any atom is 0.276 e. The molecule has 128 valence electrons. The molecule has 0 aliphatic heterocycles. The Hall–Kier alpha value is -2.86. The van der Waals surface area contributed by atoms with Crippen LogP contribution in [0.15, 0.2) is 54.7 Å². The molecule has 6 nitrogen and oxygen atoms in total. The number of halogens is 1. The summed E-state index contributed by atoms with van der Waals surface area (Å²) in [7, 11) is 3.32. The lowest BCUT2D eigenvalue weighted by Crippen LogP contribution is -2.26. The van der Waals surface area contributed by atoms with E-state index in [1.54, 1.807) is 31.3 Å². The first-order valence-electron chi connectivity index (χ1n) is 7.64. The van der Waals surface area contributed by atoms with Crippen molar-refractivity contribution in [3.8, 4) is 11.4 Å². The molecule has 25 heavy (non-hydrogen) atoms. The van der Waals surface area contributed by atoms with Gasteiger partial charge in [-0.1, -0.05) is 47.1 Å². The number of hydrogen-bond donors (Lipinski definition) is 0. The lowest BCUT2D eigenvalue weighted by atomic mass is 10.2. The van der Waals surface area contributed by atoms with E-state index in [4.69, 9.17) is 16.3 Å². The monoisotopic (exact) mass is 356 g/mol. The highest BCUT2D eigenvalue weighted by Gasteiger charge is 2.18. The molecule has 0 saturated heterocycles. The van der Waals surface area contributed by atoms with Gasteiger partial charge >= 0.3 is 0 Å². The van der Waals surface area contributed by atoms with Crippen molar-refractivity contribution in [1.29, 1.82) is 0 Å². The molecule has 1 amide bonds. The topological polar surface area (TPSA) is 60.2 Å². The maximum absolute atomic E-state index is 12.6. The van der Waals surface area contributed by atoms with Crippen molar-refractivity contribution >= 4 is 17.5 Å². The summed E-state index contributed by atoms with van der Waals surface area (Å²) in [4.78, 5) is 14.2. The molecule has 0 aliphatic rings. The lowest BCUT2D eigenvalue weighted by molar-refractivity contribution is 0.0778. The number of amides is 1. The third kappa shape index (κ3) is 3.64. The van der Waals surface area contributed by atoms with E-state index in [0.717, 1.165) is 11.3 Å². The number of aromatic nitrogens is 3. The summed E-state index contributed by atoms with van der Waals surface area (Å²) in [6.45, 7) is 0.405. The van der Waals surface area contributed by atoms with Crippen LogP contribution in [0.3, 0.4) is 0 Å². The first kappa shape index (κ1) is 17.0. The highest BCUT2D eigenvalue weighted by molar-refractivity contribution is 6.32. The van der Waals surface area contributed by atoms with Crippen LogP contribution in [-0.2, 0) is 6.54 Å². The second kappa shape index (κ2) is 7.36. The molecular formula is C18H17ClN4O2. The maximum atomic E-state index is 12.6. The molecule has 0 unspecified atom stereocenters. The molecule has 0 saturated carbocycles. The van der Waals surface area contributed by atoms with Crippen LogP contribution in [0.4, 0.5) is 0 Å². The van der Waals surface area contributed by atoms with Gasteiger partial charge in [0.2, 0.25) is 0 Å². The predicted molar refractivity (Wildman–Crippen MR) is 95.2 cm³/mol. The van der Waals surface area contributed by atoms with Crippen molar-refractivity contribution < 1.29 is 9.53 Å². The largest absolute Gasteiger partial charge is 0.496 e. The second-order valence-corrected chi connectivity index (χ2v) is 5.88. The third-order valence-corrected chi connectivity index (χ3v) is 4.08. The fourth-order valence-electron chi connectivity index (χ4n) is 2.47. The number of rotatable bonds is 5. The predicted octanol–water partition coefficient (Wildman–Crippen LogP) is 3.20. The number of nitrogens with zero attached hydrogens (tertiary/aromatic N) is 4. The van der Waals surface area contributed by atoms with Crippen LogP contribution >= 0.6 is 11.6 Å². The number of ether oxygens (including phenoxy) is 1. The molecule has 0 radical (unpaired) electrons. The number of para-hydroxylation sites is 2. The van der Waals surface area contributed by atoms with E-state index >= 15 is 0 Å². The van der Waals surface area contributed by atoms with Gasteiger partial charge in [0.15, 0.2) is 5.69 Å². The normalized spacial score (nSPS) is 10.5. The van der Waals surface area contributed by atoms with E-state index in [0.29, 0.717) is 17.3 Å². The Morgan fingerprint density at radius 2 is 1.92 bits per heavy atom. The van der Waals surface area contributed by atoms with Crippen LogP contribution < -0.4 is 4.74 Å². The number of methoxy groups -OCH3 is 1. The average Bonchev–Trinajstić information content (AvgIpc) is 3.11. The molecule has 2 aromatic carbocycles. The quantitative estimate of drug-likeness (QED) is 0.704. The zero-order valence-corrected chi connectivity index (χ0v) is 14.6. The second-order valence-electron chi connectivity index (χ2n) is 5.47. The van der Waals surface area contributed by atoms with Gasteiger partial charge < -0.3 is 9.64 Å².